The monoisotopic (exact) mass is 279 g/mol. The van der Waals surface area contributed by atoms with E-state index in [9.17, 15) is 4.79 Å². The topological polar surface area (TPSA) is 32.9 Å². The van der Waals surface area contributed by atoms with Crippen LogP contribution in [0.3, 0.4) is 0 Å². The van der Waals surface area contributed by atoms with E-state index in [0.29, 0.717) is 0 Å². The molecular formula is C13H14BrNO. The fourth-order valence-corrected chi connectivity index (χ4v) is 2.22. The average molecular weight is 280 g/mol. The van der Waals surface area contributed by atoms with E-state index in [2.05, 4.69) is 27.8 Å². The van der Waals surface area contributed by atoms with E-state index >= 15 is 0 Å². The summed E-state index contributed by atoms with van der Waals surface area (Å²) < 4.78 is 1.03. The highest BCUT2D eigenvalue weighted by Crippen LogP contribution is 2.22. The van der Waals surface area contributed by atoms with Gasteiger partial charge in [-0.15, -0.1) is 0 Å². The minimum Gasteiger partial charge on any atom is -0.358 e. The highest BCUT2D eigenvalue weighted by atomic mass is 79.9. The first-order chi connectivity index (χ1) is 7.63. The van der Waals surface area contributed by atoms with Crippen LogP contribution in [-0.4, -0.2) is 4.98 Å². The summed E-state index contributed by atoms with van der Waals surface area (Å²) in [5.74, 6) is 0. The molecule has 3 heteroatoms. The molecule has 2 aromatic rings. The number of nitrogens with one attached hydrogen (secondary N) is 1. The van der Waals surface area contributed by atoms with Gasteiger partial charge >= 0.3 is 0 Å². The van der Waals surface area contributed by atoms with Gasteiger partial charge in [0.15, 0.2) is 5.43 Å². The van der Waals surface area contributed by atoms with Gasteiger partial charge in [-0.2, -0.15) is 0 Å². The molecule has 1 aromatic carbocycles. The number of halogens is 1. The Labute approximate surface area is 103 Å². The van der Waals surface area contributed by atoms with Gasteiger partial charge in [0.2, 0.25) is 0 Å². The lowest BCUT2D eigenvalue weighted by Gasteiger charge is -2.07. The van der Waals surface area contributed by atoms with Gasteiger partial charge in [0.05, 0.1) is 5.52 Å². The number of aromatic nitrogens is 1. The van der Waals surface area contributed by atoms with Crippen LogP contribution < -0.4 is 5.43 Å². The quantitative estimate of drug-likeness (QED) is 0.896. The van der Waals surface area contributed by atoms with Crippen molar-refractivity contribution in [3.8, 4) is 0 Å². The zero-order valence-electron chi connectivity index (χ0n) is 9.43. The molecule has 2 nitrogen and oxygen atoms in total. The zero-order chi connectivity index (χ0) is 11.7. The largest absolute Gasteiger partial charge is 0.358 e. The highest BCUT2D eigenvalue weighted by Gasteiger charge is 2.06. The van der Waals surface area contributed by atoms with Gasteiger partial charge in [-0.05, 0) is 31.0 Å². The minimum atomic E-state index is 0.104. The maximum atomic E-state index is 11.9. The fourth-order valence-electron chi connectivity index (χ4n) is 1.89. The number of pyridine rings is 1. The van der Waals surface area contributed by atoms with Crippen molar-refractivity contribution in [1.29, 1.82) is 0 Å². The number of H-pyrrole nitrogens is 1. The molecule has 16 heavy (non-hydrogen) atoms. The van der Waals surface area contributed by atoms with Crippen molar-refractivity contribution in [3.05, 3.63) is 44.2 Å². The Morgan fingerprint density at radius 3 is 2.81 bits per heavy atom. The number of fused-ring (bicyclic) bond motifs is 1. The second-order valence-electron chi connectivity index (χ2n) is 4.00. The van der Waals surface area contributed by atoms with Crippen molar-refractivity contribution < 1.29 is 0 Å². The van der Waals surface area contributed by atoms with Crippen LogP contribution in [0, 0.1) is 6.92 Å². The van der Waals surface area contributed by atoms with Crippen LogP contribution in [0.15, 0.2) is 27.5 Å². The molecule has 0 spiro atoms. The Kier molecular flexibility index (Phi) is 3.15. The minimum absolute atomic E-state index is 0.104. The van der Waals surface area contributed by atoms with E-state index in [1.54, 1.807) is 6.07 Å². The second kappa shape index (κ2) is 4.42. The van der Waals surface area contributed by atoms with Gasteiger partial charge in [-0.25, -0.2) is 0 Å². The maximum Gasteiger partial charge on any atom is 0.189 e. The van der Waals surface area contributed by atoms with Gasteiger partial charge < -0.3 is 4.98 Å². The van der Waals surface area contributed by atoms with Crippen LogP contribution in [-0.2, 0) is 6.42 Å². The molecule has 0 radical (unpaired) electrons. The van der Waals surface area contributed by atoms with Crippen LogP contribution >= 0.6 is 15.9 Å². The van der Waals surface area contributed by atoms with Crippen LogP contribution in [0.4, 0.5) is 0 Å². The third-order valence-corrected chi connectivity index (χ3v) is 3.63. The molecule has 0 saturated carbocycles. The molecule has 0 aliphatic carbocycles. The Morgan fingerprint density at radius 2 is 2.12 bits per heavy atom. The molecule has 2 rings (SSSR count). The van der Waals surface area contributed by atoms with E-state index in [-0.39, 0.29) is 5.43 Å². The number of hydrogen-bond donors (Lipinski definition) is 1. The molecule has 84 valence electrons. The summed E-state index contributed by atoms with van der Waals surface area (Å²) in [6.45, 7) is 4.12. The van der Waals surface area contributed by atoms with Crippen molar-refractivity contribution in [3.63, 3.8) is 0 Å². The molecule has 0 aliphatic heterocycles. The molecule has 0 atom stereocenters. The van der Waals surface area contributed by atoms with Gasteiger partial charge in [-0.3, -0.25) is 4.79 Å². The standard InChI is InChI=1S/C13H14BrNO/c1-3-4-9-7-12(16)10-5-6-11(14)8(2)13(10)15-9/h5-7H,3-4H2,1-2H3,(H,15,16). The van der Waals surface area contributed by atoms with Crippen LogP contribution in [0.1, 0.15) is 24.6 Å². The molecule has 0 bridgehead atoms. The predicted molar refractivity (Wildman–Crippen MR) is 71.0 cm³/mol. The van der Waals surface area contributed by atoms with Crippen LogP contribution in [0.25, 0.3) is 10.9 Å². The number of rotatable bonds is 2. The lowest BCUT2D eigenvalue weighted by Crippen LogP contribution is -2.06. The third-order valence-electron chi connectivity index (χ3n) is 2.77. The van der Waals surface area contributed by atoms with Gasteiger partial charge in [-0.1, -0.05) is 29.3 Å². The Balaban J connectivity index is 2.78. The molecular weight excluding hydrogens is 266 g/mol. The zero-order valence-corrected chi connectivity index (χ0v) is 11.0. The van der Waals surface area contributed by atoms with Crippen molar-refractivity contribution in [2.75, 3.05) is 0 Å². The Hall–Kier alpha value is -1.09. The summed E-state index contributed by atoms with van der Waals surface area (Å²) in [6, 6.07) is 5.49. The van der Waals surface area contributed by atoms with Crippen LogP contribution in [0.2, 0.25) is 0 Å². The molecule has 0 aliphatic rings. The number of hydrogen-bond acceptors (Lipinski definition) is 1. The first kappa shape index (κ1) is 11.4. The molecule has 1 aromatic heterocycles. The number of benzene rings is 1. The fraction of sp³-hybridized carbons (Fsp3) is 0.308. The SMILES string of the molecule is CCCc1cc(=O)c2ccc(Br)c(C)c2[nH]1. The molecule has 0 amide bonds. The molecule has 0 fully saturated rings. The number of aromatic amines is 1. The molecule has 1 heterocycles. The summed E-state index contributed by atoms with van der Waals surface area (Å²) >= 11 is 3.48. The summed E-state index contributed by atoms with van der Waals surface area (Å²) in [4.78, 5) is 15.3. The molecule has 0 saturated heterocycles. The first-order valence-electron chi connectivity index (χ1n) is 5.44. The van der Waals surface area contributed by atoms with E-state index in [1.165, 1.54) is 0 Å². The van der Waals surface area contributed by atoms with E-state index in [0.717, 1.165) is 39.5 Å². The average Bonchev–Trinajstić information content (AvgIpc) is 2.25. The molecule has 0 unspecified atom stereocenters. The Bertz CT molecular complexity index is 586. The molecule has 1 N–H and O–H groups in total. The summed E-state index contributed by atoms with van der Waals surface area (Å²) in [7, 11) is 0. The van der Waals surface area contributed by atoms with E-state index < -0.39 is 0 Å². The van der Waals surface area contributed by atoms with E-state index in [1.807, 2.05) is 19.1 Å². The van der Waals surface area contributed by atoms with Crippen molar-refractivity contribution in [2.24, 2.45) is 0 Å². The van der Waals surface area contributed by atoms with Crippen LogP contribution in [0.5, 0.6) is 0 Å². The third kappa shape index (κ3) is 1.92. The van der Waals surface area contributed by atoms with Gasteiger partial charge in [0.1, 0.15) is 0 Å². The predicted octanol–water partition coefficient (Wildman–Crippen LogP) is 3.55. The van der Waals surface area contributed by atoms with E-state index in [4.69, 9.17) is 0 Å². The smallest absolute Gasteiger partial charge is 0.189 e. The van der Waals surface area contributed by atoms with Crippen molar-refractivity contribution >= 4 is 26.8 Å². The summed E-state index contributed by atoms with van der Waals surface area (Å²) in [5.41, 5.74) is 3.16. The normalized spacial score (nSPS) is 10.9. The number of aryl methyl sites for hydroxylation is 2. The van der Waals surface area contributed by atoms with Crippen molar-refractivity contribution in [1.82, 2.24) is 4.98 Å². The van der Waals surface area contributed by atoms with Crippen molar-refractivity contribution in [2.45, 2.75) is 26.7 Å². The Morgan fingerprint density at radius 1 is 1.38 bits per heavy atom. The lowest BCUT2D eigenvalue weighted by atomic mass is 10.1. The maximum absolute atomic E-state index is 11.9. The highest BCUT2D eigenvalue weighted by molar-refractivity contribution is 9.10. The first-order valence-corrected chi connectivity index (χ1v) is 6.23. The summed E-state index contributed by atoms with van der Waals surface area (Å²) in [6.07, 6.45) is 1.95. The van der Waals surface area contributed by atoms with Gasteiger partial charge in [0.25, 0.3) is 0 Å². The second-order valence-corrected chi connectivity index (χ2v) is 4.86. The van der Waals surface area contributed by atoms with Gasteiger partial charge in [0, 0.05) is 21.6 Å². The lowest BCUT2D eigenvalue weighted by molar-refractivity contribution is 0.887. The summed E-state index contributed by atoms with van der Waals surface area (Å²) in [5, 5.41) is 0.764.